The summed E-state index contributed by atoms with van der Waals surface area (Å²) in [5.74, 6) is -0.313. The average molecular weight is 271 g/mol. The zero-order chi connectivity index (χ0) is 13.8. The molecule has 0 unspecified atom stereocenters. The van der Waals surface area contributed by atoms with E-state index >= 15 is 0 Å². The molecule has 7 heteroatoms. The maximum absolute atomic E-state index is 11.7. The van der Waals surface area contributed by atoms with Crippen LogP contribution in [-0.4, -0.2) is 33.7 Å². The second-order valence-corrected chi connectivity index (χ2v) is 5.67. The molecular weight excluding hydrogens is 254 g/mol. The van der Waals surface area contributed by atoms with E-state index in [0.717, 1.165) is 5.56 Å². The number of hydrogen-bond acceptors (Lipinski definition) is 4. The van der Waals surface area contributed by atoms with Gasteiger partial charge in [-0.1, -0.05) is 12.1 Å². The van der Waals surface area contributed by atoms with Crippen LogP contribution in [0, 0.1) is 12.3 Å². The van der Waals surface area contributed by atoms with Crippen molar-refractivity contribution < 1.29 is 13.2 Å². The van der Waals surface area contributed by atoms with E-state index in [1.807, 2.05) is 0 Å². The fourth-order valence-corrected chi connectivity index (χ4v) is 2.52. The molecule has 0 aliphatic rings. The number of benzene rings is 1. The smallest absolute Gasteiger partial charge is 0.235 e. The zero-order valence-corrected chi connectivity index (χ0v) is 11.2. The van der Waals surface area contributed by atoms with Gasteiger partial charge >= 0.3 is 0 Å². The highest BCUT2D eigenvalue weighted by Crippen LogP contribution is 2.20. The predicted molar refractivity (Wildman–Crippen MR) is 71.5 cm³/mol. The Morgan fingerprint density at radius 2 is 2.17 bits per heavy atom. The number of anilines is 1. The molecule has 0 saturated heterocycles. The number of nitrogens with two attached hydrogens (primary N) is 1. The first kappa shape index (κ1) is 14.5. The van der Waals surface area contributed by atoms with Crippen molar-refractivity contribution in [2.75, 3.05) is 24.2 Å². The molecule has 0 fully saturated rings. The Morgan fingerprint density at radius 1 is 1.50 bits per heavy atom. The van der Waals surface area contributed by atoms with Crippen molar-refractivity contribution in [3.8, 4) is 0 Å². The number of amidine groups is 1. The molecule has 0 spiro atoms. The van der Waals surface area contributed by atoms with Crippen molar-refractivity contribution in [2.45, 2.75) is 6.92 Å². The summed E-state index contributed by atoms with van der Waals surface area (Å²) in [6, 6.07) is 5.05. The highest BCUT2D eigenvalue weighted by Gasteiger charge is 2.15. The molecular formula is C11H17N3O3S. The maximum atomic E-state index is 11.7. The van der Waals surface area contributed by atoms with E-state index in [0.29, 0.717) is 11.3 Å². The van der Waals surface area contributed by atoms with Gasteiger partial charge in [-0.2, -0.15) is 0 Å². The first-order valence-corrected chi connectivity index (χ1v) is 6.96. The van der Waals surface area contributed by atoms with Crippen LogP contribution in [0.4, 0.5) is 5.69 Å². The van der Waals surface area contributed by atoms with Crippen molar-refractivity contribution in [2.24, 2.45) is 5.73 Å². The fourth-order valence-electron chi connectivity index (χ4n) is 1.52. The maximum Gasteiger partial charge on any atom is 0.235 e. The number of ether oxygens (including phenoxy) is 1. The number of nitrogen functional groups attached to an aromatic ring is 1. The van der Waals surface area contributed by atoms with Crippen molar-refractivity contribution in [1.29, 1.82) is 5.41 Å². The van der Waals surface area contributed by atoms with E-state index in [1.165, 1.54) is 7.11 Å². The molecule has 0 aliphatic heterocycles. The van der Waals surface area contributed by atoms with Gasteiger partial charge in [-0.05, 0) is 18.6 Å². The number of aryl methyl sites for hydroxylation is 1. The summed E-state index contributed by atoms with van der Waals surface area (Å²) in [6.45, 7) is 1.88. The predicted octanol–water partition coefficient (Wildman–Crippen LogP) is 0.667. The van der Waals surface area contributed by atoms with Crippen LogP contribution in [0.1, 0.15) is 11.1 Å². The fraction of sp³-hybridized carbons (Fsp3) is 0.364. The third-order valence-electron chi connectivity index (χ3n) is 2.36. The highest BCUT2D eigenvalue weighted by molar-refractivity contribution is 7.92. The van der Waals surface area contributed by atoms with Crippen molar-refractivity contribution >= 4 is 21.5 Å². The van der Waals surface area contributed by atoms with Crippen molar-refractivity contribution in [1.82, 2.24) is 0 Å². The van der Waals surface area contributed by atoms with Gasteiger partial charge in [0.2, 0.25) is 10.0 Å². The van der Waals surface area contributed by atoms with E-state index in [1.54, 1.807) is 25.1 Å². The van der Waals surface area contributed by atoms with E-state index in [2.05, 4.69) is 4.72 Å². The lowest BCUT2D eigenvalue weighted by Crippen LogP contribution is -2.23. The molecule has 0 radical (unpaired) electrons. The molecule has 6 nitrogen and oxygen atoms in total. The van der Waals surface area contributed by atoms with Crippen LogP contribution < -0.4 is 10.5 Å². The summed E-state index contributed by atoms with van der Waals surface area (Å²) in [5.41, 5.74) is 6.92. The minimum atomic E-state index is -3.50. The molecule has 0 heterocycles. The monoisotopic (exact) mass is 271 g/mol. The SMILES string of the molecule is COCCS(=O)(=O)Nc1cccc(C)c1C(=N)N. The first-order valence-electron chi connectivity index (χ1n) is 5.31. The molecule has 4 N–H and O–H groups in total. The molecule has 1 aromatic carbocycles. The number of hydrogen-bond donors (Lipinski definition) is 3. The molecule has 1 aromatic rings. The Labute approximate surface area is 107 Å². The summed E-state index contributed by atoms with van der Waals surface area (Å²) in [4.78, 5) is 0. The molecule has 100 valence electrons. The third kappa shape index (κ3) is 3.71. The highest BCUT2D eigenvalue weighted by atomic mass is 32.2. The van der Waals surface area contributed by atoms with Gasteiger partial charge in [0.25, 0.3) is 0 Å². The van der Waals surface area contributed by atoms with Gasteiger partial charge in [-0.3, -0.25) is 10.1 Å². The van der Waals surface area contributed by atoms with Gasteiger partial charge in [-0.25, -0.2) is 8.42 Å². The number of rotatable bonds is 6. The second-order valence-electron chi connectivity index (χ2n) is 3.82. The van der Waals surface area contributed by atoms with Crippen LogP contribution in [0.5, 0.6) is 0 Å². The lowest BCUT2D eigenvalue weighted by atomic mass is 10.1. The molecule has 0 saturated carbocycles. The third-order valence-corrected chi connectivity index (χ3v) is 3.60. The molecule has 0 aliphatic carbocycles. The average Bonchev–Trinajstić information content (AvgIpc) is 2.25. The Kier molecular flexibility index (Phi) is 4.69. The second kappa shape index (κ2) is 5.83. The van der Waals surface area contributed by atoms with Crippen molar-refractivity contribution in [3.05, 3.63) is 29.3 Å². The molecule has 18 heavy (non-hydrogen) atoms. The zero-order valence-electron chi connectivity index (χ0n) is 10.4. The van der Waals surface area contributed by atoms with Crippen LogP contribution in [0.2, 0.25) is 0 Å². The molecule has 0 bridgehead atoms. The minimum absolute atomic E-state index is 0.108. The van der Waals surface area contributed by atoms with Gasteiger partial charge < -0.3 is 10.5 Å². The topological polar surface area (TPSA) is 105 Å². The Hall–Kier alpha value is -1.60. The van der Waals surface area contributed by atoms with Crippen LogP contribution in [0.3, 0.4) is 0 Å². The summed E-state index contributed by atoms with van der Waals surface area (Å²) < 4.78 is 30.6. The van der Waals surface area contributed by atoms with Crippen LogP contribution in [0.25, 0.3) is 0 Å². The normalized spacial score (nSPS) is 11.2. The van der Waals surface area contributed by atoms with Crippen LogP contribution >= 0.6 is 0 Å². The van der Waals surface area contributed by atoms with Gasteiger partial charge in [0.05, 0.1) is 18.0 Å². The summed E-state index contributed by atoms with van der Waals surface area (Å²) in [5, 5.41) is 7.48. The summed E-state index contributed by atoms with van der Waals surface area (Å²) in [6.07, 6.45) is 0. The van der Waals surface area contributed by atoms with Gasteiger partial charge in [0, 0.05) is 12.7 Å². The van der Waals surface area contributed by atoms with E-state index < -0.39 is 10.0 Å². The molecule has 0 amide bonds. The number of methoxy groups -OCH3 is 1. The number of nitrogens with one attached hydrogen (secondary N) is 2. The molecule has 0 atom stereocenters. The van der Waals surface area contributed by atoms with E-state index in [9.17, 15) is 8.42 Å². The standard InChI is InChI=1S/C11H17N3O3S/c1-8-4-3-5-9(10(8)11(12)13)14-18(15,16)7-6-17-2/h3-5,14H,6-7H2,1-2H3,(H3,12,13). The molecule has 1 rings (SSSR count). The lowest BCUT2D eigenvalue weighted by Gasteiger charge is -2.13. The van der Waals surface area contributed by atoms with Gasteiger partial charge in [-0.15, -0.1) is 0 Å². The largest absolute Gasteiger partial charge is 0.384 e. The quantitative estimate of drug-likeness (QED) is 0.522. The Morgan fingerprint density at radius 3 is 2.72 bits per heavy atom. The van der Waals surface area contributed by atoms with Gasteiger partial charge in [0.1, 0.15) is 5.84 Å². The minimum Gasteiger partial charge on any atom is -0.384 e. The van der Waals surface area contributed by atoms with E-state index in [4.69, 9.17) is 15.9 Å². The Balaban J connectivity index is 3.05. The van der Waals surface area contributed by atoms with E-state index in [-0.39, 0.29) is 18.2 Å². The van der Waals surface area contributed by atoms with Crippen LogP contribution in [-0.2, 0) is 14.8 Å². The Bertz CT molecular complexity index is 540. The van der Waals surface area contributed by atoms with Crippen molar-refractivity contribution in [3.63, 3.8) is 0 Å². The van der Waals surface area contributed by atoms with Crippen LogP contribution in [0.15, 0.2) is 18.2 Å². The summed E-state index contributed by atoms with van der Waals surface area (Å²) in [7, 11) is -2.06. The molecule has 0 aromatic heterocycles. The summed E-state index contributed by atoms with van der Waals surface area (Å²) >= 11 is 0. The first-order chi connectivity index (χ1) is 8.37. The lowest BCUT2D eigenvalue weighted by molar-refractivity contribution is 0.217. The number of sulfonamides is 1. The van der Waals surface area contributed by atoms with Gasteiger partial charge in [0.15, 0.2) is 0 Å².